The minimum absolute atomic E-state index is 0.00733. The summed E-state index contributed by atoms with van der Waals surface area (Å²) in [5.41, 5.74) is 1.01. The van der Waals surface area contributed by atoms with E-state index in [1.807, 2.05) is 37.3 Å². The van der Waals surface area contributed by atoms with Crippen LogP contribution in [-0.4, -0.2) is 38.0 Å². The highest BCUT2D eigenvalue weighted by Crippen LogP contribution is 2.06. The maximum atomic E-state index is 11.6. The maximum Gasteiger partial charge on any atom is 0.309 e. The van der Waals surface area contributed by atoms with E-state index in [9.17, 15) is 9.59 Å². The van der Waals surface area contributed by atoms with Crippen molar-refractivity contribution in [2.24, 2.45) is 0 Å². The van der Waals surface area contributed by atoms with Gasteiger partial charge < -0.3 is 18.9 Å². The Bertz CT molecular complexity index is 474. The third-order valence-electron chi connectivity index (χ3n) is 3.02. The number of hydrogen-bond donors (Lipinski definition) is 0. The normalized spacial score (nSPS) is 11.8. The summed E-state index contributed by atoms with van der Waals surface area (Å²) < 4.78 is 21.2. The molecule has 24 heavy (non-hydrogen) atoms. The van der Waals surface area contributed by atoms with Crippen LogP contribution in [0.2, 0.25) is 0 Å². The molecule has 0 saturated carbocycles. The number of benzene rings is 1. The molecule has 6 heteroatoms. The van der Waals surface area contributed by atoms with E-state index in [1.54, 1.807) is 6.92 Å². The smallest absolute Gasteiger partial charge is 0.309 e. The van der Waals surface area contributed by atoms with Crippen molar-refractivity contribution in [2.45, 2.75) is 46.0 Å². The fourth-order valence-corrected chi connectivity index (χ4v) is 1.74. The van der Waals surface area contributed by atoms with Gasteiger partial charge in [0, 0.05) is 13.0 Å². The molecule has 6 nitrogen and oxygen atoms in total. The van der Waals surface area contributed by atoms with Crippen LogP contribution in [0.1, 0.15) is 38.7 Å². The van der Waals surface area contributed by atoms with Gasteiger partial charge in [-0.3, -0.25) is 9.59 Å². The van der Waals surface area contributed by atoms with Gasteiger partial charge in [-0.25, -0.2) is 0 Å². The first-order valence-electron chi connectivity index (χ1n) is 8.24. The summed E-state index contributed by atoms with van der Waals surface area (Å²) in [6.07, 6.45) is 0.527. The SMILES string of the molecule is CCCOC(COC(=O)CCOC(=O)CC)OCc1ccccc1. The highest BCUT2D eigenvalue weighted by atomic mass is 16.7. The van der Waals surface area contributed by atoms with Gasteiger partial charge in [0.05, 0.1) is 13.0 Å². The Hall–Kier alpha value is -1.92. The number of rotatable bonds is 12. The first kappa shape index (κ1) is 20.1. The molecular formula is C18H26O6. The third-order valence-corrected chi connectivity index (χ3v) is 3.02. The molecule has 1 unspecified atom stereocenters. The monoisotopic (exact) mass is 338 g/mol. The van der Waals surface area contributed by atoms with E-state index in [2.05, 4.69) is 0 Å². The second-order valence-electron chi connectivity index (χ2n) is 5.10. The molecule has 0 aliphatic carbocycles. The van der Waals surface area contributed by atoms with E-state index >= 15 is 0 Å². The van der Waals surface area contributed by atoms with Crippen molar-refractivity contribution in [3.05, 3.63) is 35.9 Å². The van der Waals surface area contributed by atoms with Crippen LogP contribution < -0.4 is 0 Å². The summed E-state index contributed by atoms with van der Waals surface area (Å²) in [5.74, 6) is -0.787. The summed E-state index contributed by atoms with van der Waals surface area (Å²) in [5, 5.41) is 0. The molecule has 0 amide bonds. The van der Waals surface area contributed by atoms with Crippen LogP contribution in [-0.2, 0) is 35.1 Å². The summed E-state index contributed by atoms with van der Waals surface area (Å²) in [4.78, 5) is 22.6. The molecule has 1 aromatic carbocycles. The zero-order chi connectivity index (χ0) is 17.6. The molecule has 0 spiro atoms. The van der Waals surface area contributed by atoms with Crippen molar-refractivity contribution in [3.8, 4) is 0 Å². The minimum Gasteiger partial charge on any atom is -0.465 e. The molecule has 0 fully saturated rings. The van der Waals surface area contributed by atoms with Crippen LogP contribution in [0.5, 0.6) is 0 Å². The largest absolute Gasteiger partial charge is 0.465 e. The number of carbonyl (C=O) groups excluding carboxylic acids is 2. The van der Waals surface area contributed by atoms with Crippen molar-refractivity contribution >= 4 is 11.9 Å². The fourth-order valence-electron chi connectivity index (χ4n) is 1.74. The van der Waals surface area contributed by atoms with Crippen LogP contribution in [0.3, 0.4) is 0 Å². The van der Waals surface area contributed by atoms with E-state index in [4.69, 9.17) is 18.9 Å². The van der Waals surface area contributed by atoms with E-state index in [-0.39, 0.29) is 32.0 Å². The van der Waals surface area contributed by atoms with Crippen molar-refractivity contribution in [3.63, 3.8) is 0 Å². The molecule has 0 aliphatic heterocycles. The first-order valence-corrected chi connectivity index (χ1v) is 8.24. The molecule has 0 heterocycles. The maximum absolute atomic E-state index is 11.6. The molecule has 0 N–H and O–H groups in total. The van der Waals surface area contributed by atoms with Gasteiger partial charge in [-0.15, -0.1) is 0 Å². The topological polar surface area (TPSA) is 71.1 Å². The third kappa shape index (κ3) is 9.27. The Morgan fingerprint density at radius 2 is 1.71 bits per heavy atom. The van der Waals surface area contributed by atoms with Crippen LogP contribution in [0, 0.1) is 0 Å². The van der Waals surface area contributed by atoms with E-state index in [0.717, 1.165) is 12.0 Å². The van der Waals surface area contributed by atoms with Crippen LogP contribution in [0.25, 0.3) is 0 Å². The Balaban J connectivity index is 2.31. The molecule has 134 valence electrons. The fraction of sp³-hybridized carbons (Fsp3) is 0.556. The van der Waals surface area contributed by atoms with Crippen LogP contribution in [0.4, 0.5) is 0 Å². The van der Waals surface area contributed by atoms with Gasteiger partial charge >= 0.3 is 11.9 Å². The molecule has 0 aliphatic rings. The summed E-state index contributed by atoms with van der Waals surface area (Å²) in [7, 11) is 0. The Labute approximate surface area is 143 Å². The van der Waals surface area contributed by atoms with Gasteiger partial charge in [-0.05, 0) is 12.0 Å². The highest BCUT2D eigenvalue weighted by Gasteiger charge is 2.13. The van der Waals surface area contributed by atoms with Crippen LogP contribution >= 0.6 is 0 Å². The minimum atomic E-state index is -0.618. The van der Waals surface area contributed by atoms with Crippen molar-refractivity contribution in [2.75, 3.05) is 19.8 Å². The molecule has 0 saturated heterocycles. The summed E-state index contributed by atoms with van der Waals surface area (Å²) >= 11 is 0. The summed E-state index contributed by atoms with van der Waals surface area (Å²) in [6.45, 7) is 4.61. The van der Waals surface area contributed by atoms with E-state index < -0.39 is 12.3 Å². The number of hydrogen-bond acceptors (Lipinski definition) is 6. The highest BCUT2D eigenvalue weighted by molar-refractivity contribution is 5.71. The van der Waals surface area contributed by atoms with Crippen molar-refractivity contribution < 1.29 is 28.5 Å². The zero-order valence-electron chi connectivity index (χ0n) is 14.4. The Kier molecular flexibility index (Phi) is 10.5. The van der Waals surface area contributed by atoms with Gasteiger partial charge in [0.1, 0.15) is 13.2 Å². The molecule has 0 bridgehead atoms. The predicted molar refractivity (Wildman–Crippen MR) is 88.1 cm³/mol. The second-order valence-corrected chi connectivity index (χ2v) is 5.10. The standard InChI is InChI=1S/C18H26O6/c1-3-11-22-18(24-13-15-8-6-5-7-9-15)14-23-17(20)10-12-21-16(19)4-2/h5-9,18H,3-4,10-14H2,1-2H3. The van der Waals surface area contributed by atoms with Crippen molar-refractivity contribution in [1.29, 1.82) is 0 Å². The molecular weight excluding hydrogens is 312 g/mol. The van der Waals surface area contributed by atoms with E-state index in [0.29, 0.717) is 13.2 Å². The lowest BCUT2D eigenvalue weighted by Gasteiger charge is -2.18. The lowest BCUT2D eigenvalue weighted by Crippen LogP contribution is -2.26. The number of carbonyl (C=O) groups is 2. The van der Waals surface area contributed by atoms with Gasteiger partial charge in [-0.2, -0.15) is 0 Å². The molecule has 1 rings (SSSR count). The van der Waals surface area contributed by atoms with E-state index in [1.165, 1.54) is 0 Å². The lowest BCUT2D eigenvalue weighted by atomic mass is 10.2. The average molecular weight is 338 g/mol. The molecule has 0 radical (unpaired) electrons. The van der Waals surface area contributed by atoms with Gasteiger partial charge in [0.15, 0.2) is 6.29 Å². The van der Waals surface area contributed by atoms with Gasteiger partial charge in [0.2, 0.25) is 0 Å². The van der Waals surface area contributed by atoms with Crippen LogP contribution in [0.15, 0.2) is 30.3 Å². The zero-order valence-corrected chi connectivity index (χ0v) is 14.4. The van der Waals surface area contributed by atoms with Crippen molar-refractivity contribution in [1.82, 2.24) is 0 Å². The quantitative estimate of drug-likeness (QED) is 0.431. The molecule has 0 aromatic heterocycles. The first-order chi connectivity index (χ1) is 11.7. The Morgan fingerprint density at radius 1 is 0.958 bits per heavy atom. The van der Waals surface area contributed by atoms with Gasteiger partial charge in [-0.1, -0.05) is 44.2 Å². The Morgan fingerprint density at radius 3 is 2.38 bits per heavy atom. The number of ether oxygens (including phenoxy) is 4. The lowest BCUT2D eigenvalue weighted by molar-refractivity contribution is -0.187. The average Bonchev–Trinajstić information content (AvgIpc) is 2.61. The summed E-state index contributed by atoms with van der Waals surface area (Å²) in [6, 6.07) is 9.69. The second kappa shape index (κ2) is 12.5. The molecule has 1 atom stereocenters. The predicted octanol–water partition coefficient (Wildman–Crippen LogP) is 2.84. The number of esters is 2. The molecule has 1 aromatic rings. The van der Waals surface area contributed by atoms with Gasteiger partial charge in [0.25, 0.3) is 0 Å².